The lowest BCUT2D eigenvalue weighted by Gasteiger charge is -2.14. The lowest BCUT2D eigenvalue weighted by atomic mass is 10.1. The van der Waals surface area contributed by atoms with Crippen LogP contribution >= 0.6 is 0 Å². The van der Waals surface area contributed by atoms with Crippen LogP contribution in [0.5, 0.6) is 0 Å². The molecule has 1 atom stereocenters. The number of aryl methyl sites for hydroxylation is 1. The maximum atomic E-state index is 12.0. The zero-order chi connectivity index (χ0) is 16.0. The van der Waals surface area contributed by atoms with Crippen LogP contribution in [-0.2, 0) is 14.3 Å². The second-order valence-corrected chi connectivity index (χ2v) is 4.55. The number of nitrogens with one attached hydrogen (secondary N) is 1. The van der Waals surface area contributed by atoms with Crippen molar-refractivity contribution in [3.63, 3.8) is 0 Å². The summed E-state index contributed by atoms with van der Waals surface area (Å²) in [6.07, 6.45) is -0.140. The third-order valence-corrected chi connectivity index (χ3v) is 3.01. The Hall–Kier alpha value is -2.57. The monoisotopic (exact) mass is 294 g/mol. The minimum Gasteiger partial charge on any atom is -0.480 e. The number of carboxylic acid groups (broad SMARTS) is 1. The number of hydrogen-bond acceptors (Lipinski definition) is 5. The summed E-state index contributed by atoms with van der Waals surface area (Å²) in [5.41, 5.74) is 7.25. The van der Waals surface area contributed by atoms with Gasteiger partial charge in [0.25, 0.3) is 5.91 Å². The summed E-state index contributed by atoms with van der Waals surface area (Å²) in [4.78, 5) is 34.1. The number of rotatable bonds is 6. The van der Waals surface area contributed by atoms with E-state index in [1.807, 2.05) is 0 Å². The highest BCUT2D eigenvalue weighted by Crippen LogP contribution is 2.13. The van der Waals surface area contributed by atoms with Gasteiger partial charge in [0.05, 0.1) is 7.11 Å². The maximum absolute atomic E-state index is 12.0. The van der Waals surface area contributed by atoms with Crippen LogP contribution in [-0.4, -0.2) is 36.1 Å². The summed E-state index contributed by atoms with van der Waals surface area (Å²) in [6, 6.07) is 3.54. The van der Waals surface area contributed by atoms with Gasteiger partial charge in [-0.05, 0) is 31.0 Å². The fourth-order valence-corrected chi connectivity index (χ4v) is 1.64. The highest BCUT2D eigenvalue weighted by atomic mass is 16.5. The molecular weight excluding hydrogens is 276 g/mol. The number of carbonyl (C=O) groups excluding carboxylic acids is 2. The molecule has 0 saturated carbocycles. The molecule has 0 radical (unpaired) electrons. The zero-order valence-corrected chi connectivity index (χ0v) is 11.9. The maximum Gasteiger partial charge on any atom is 0.326 e. The Morgan fingerprint density at radius 1 is 1.38 bits per heavy atom. The molecule has 0 bridgehead atoms. The first-order valence-corrected chi connectivity index (χ1v) is 6.31. The Morgan fingerprint density at radius 2 is 2.05 bits per heavy atom. The highest BCUT2D eigenvalue weighted by molar-refractivity contribution is 5.97. The van der Waals surface area contributed by atoms with Crippen LogP contribution < -0.4 is 11.1 Å². The molecule has 0 aliphatic heterocycles. The van der Waals surface area contributed by atoms with Gasteiger partial charge in [-0.1, -0.05) is 6.07 Å². The fraction of sp³-hybridized carbons (Fsp3) is 0.357. The van der Waals surface area contributed by atoms with Crippen molar-refractivity contribution in [2.24, 2.45) is 0 Å². The Bertz CT molecular complexity index is 556. The largest absolute Gasteiger partial charge is 0.480 e. The summed E-state index contributed by atoms with van der Waals surface area (Å²) >= 11 is 0. The van der Waals surface area contributed by atoms with Gasteiger partial charge in [0.15, 0.2) is 0 Å². The first-order valence-electron chi connectivity index (χ1n) is 6.31. The topological polar surface area (TPSA) is 119 Å². The van der Waals surface area contributed by atoms with E-state index in [9.17, 15) is 14.4 Å². The van der Waals surface area contributed by atoms with Crippen LogP contribution in [0.1, 0.15) is 28.8 Å². The van der Waals surface area contributed by atoms with Crippen molar-refractivity contribution in [2.75, 3.05) is 12.8 Å². The number of methoxy groups -OCH3 is 1. The van der Waals surface area contributed by atoms with Gasteiger partial charge in [-0.2, -0.15) is 0 Å². The number of aliphatic carboxylic acids is 1. The first-order chi connectivity index (χ1) is 9.85. The minimum absolute atomic E-state index is 0.0465. The van der Waals surface area contributed by atoms with E-state index >= 15 is 0 Å². The lowest BCUT2D eigenvalue weighted by Crippen LogP contribution is -2.41. The molecule has 1 aromatic carbocycles. The molecule has 0 heterocycles. The second-order valence-electron chi connectivity index (χ2n) is 4.55. The molecule has 4 N–H and O–H groups in total. The van der Waals surface area contributed by atoms with Gasteiger partial charge in [-0.3, -0.25) is 9.59 Å². The molecule has 1 aromatic rings. The van der Waals surface area contributed by atoms with Crippen LogP contribution in [0.3, 0.4) is 0 Å². The Morgan fingerprint density at radius 3 is 2.57 bits per heavy atom. The number of carboxylic acids is 1. The van der Waals surface area contributed by atoms with Gasteiger partial charge >= 0.3 is 11.9 Å². The summed E-state index contributed by atoms with van der Waals surface area (Å²) in [7, 11) is 1.21. The average Bonchev–Trinajstić information content (AvgIpc) is 2.45. The lowest BCUT2D eigenvalue weighted by molar-refractivity contribution is -0.142. The zero-order valence-electron chi connectivity index (χ0n) is 11.9. The van der Waals surface area contributed by atoms with Gasteiger partial charge in [-0.15, -0.1) is 0 Å². The third kappa shape index (κ3) is 4.79. The van der Waals surface area contributed by atoms with E-state index in [0.717, 1.165) is 5.56 Å². The molecule has 114 valence electrons. The van der Waals surface area contributed by atoms with Gasteiger partial charge in [-0.25, -0.2) is 4.79 Å². The molecule has 0 saturated heterocycles. The number of anilines is 1. The minimum atomic E-state index is -1.22. The molecule has 0 fully saturated rings. The van der Waals surface area contributed by atoms with Crippen molar-refractivity contribution < 1.29 is 24.2 Å². The summed E-state index contributed by atoms with van der Waals surface area (Å²) in [6.45, 7) is 1.80. The third-order valence-electron chi connectivity index (χ3n) is 3.01. The van der Waals surface area contributed by atoms with Crippen molar-refractivity contribution >= 4 is 23.5 Å². The quantitative estimate of drug-likeness (QED) is 0.525. The van der Waals surface area contributed by atoms with E-state index in [1.54, 1.807) is 19.1 Å². The predicted molar refractivity (Wildman–Crippen MR) is 75.7 cm³/mol. The smallest absolute Gasteiger partial charge is 0.326 e. The van der Waals surface area contributed by atoms with Crippen LogP contribution in [0, 0.1) is 6.92 Å². The van der Waals surface area contributed by atoms with Crippen LogP contribution in [0.15, 0.2) is 18.2 Å². The van der Waals surface area contributed by atoms with Gasteiger partial charge in [0.1, 0.15) is 6.04 Å². The molecule has 0 aliphatic rings. The van der Waals surface area contributed by atoms with E-state index in [4.69, 9.17) is 10.8 Å². The molecule has 1 rings (SSSR count). The Labute approximate surface area is 122 Å². The molecule has 21 heavy (non-hydrogen) atoms. The normalized spacial score (nSPS) is 11.5. The Kier molecular flexibility index (Phi) is 5.71. The van der Waals surface area contributed by atoms with Crippen LogP contribution in [0.4, 0.5) is 5.69 Å². The first kappa shape index (κ1) is 16.5. The predicted octanol–water partition coefficient (Wildman–Crippen LogP) is 0.713. The number of ether oxygens (including phenoxy) is 1. The molecular formula is C14H18N2O5. The van der Waals surface area contributed by atoms with E-state index < -0.39 is 23.9 Å². The van der Waals surface area contributed by atoms with Gasteiger partial charge in [0.2, 0.25) is 0 Å². The summed E-state index contributed by atoms with van der Waals surface area (Å²) < 4.78 is 4.44. The number of hydrogen-bond donors (Lipinski definition) is 3. The molecule has 0 aromatic heterocycles. The standard InChI is InChI=1S/C14H18N2O5/c1-8-3-4-9(7-10(8)15)13(18)16-11(14(19)20)5-6-12(17)21-2/h3-4,7,11H,5-6,15H2,1-2H3,(H,16,18)(H,19,20)/t11-/m1/s1. The van der Waals surface area contributed by atoms with Crippen molar-refractivity contribution in [1.82, 2.24) is 5.32 Å². The SMILES string of the molecule is COC(=O)CC[C@@H](NC(=O)c1ccc(C)c(N)c1)C(=O)O. The van der Waals surface area contributed by atoms with Gasteiger partial charge < -0.3 is 20.9 Å². The van der Waals surface area contributed by atoms with Crippen molar-refractivity contribution in [1.29, 1.82) is 0 Å². The molecule has 0 aliphatic carbocycles. The van der Waals surface area contributed by atoms with E-state index in [-0.39, 0.29) is 18.4 Å². The number of nitrogens with two attached hydrogens (primary N) is 1. The van der Waals surface area contributed by atoms with Crippen LogP contribution in [0.25, 0.3) is 0 Å². The Balaban J connectivity index is 2.74. The summed E-state index contributed by atoms with van der Waals surface area (Å²) in [5, 5.41) is 11.4. The van der Waals surface area contributed by atoms with Gasteiger partial charge in [0, 0.05) is 17.7 Å². The second kappa shape index (κ2) is 7.28. The van der Waals surface area contributed by atoms with Crippen molar-refractivity contribution in [3.8, 4) is 0 Å². The van der Waals surface area contributed by atoms with Crippen LogP contribution in [0.2, 0.25) is 0 Å². The van der Waals surface area contributed by atoms with Crippen molar-refractivity contribution in [2.45, 2.75) is 25.8 Å². The fourth-order valence-electron chi connectivity index (χ4n) is 1.64. The van der Waals surface area contributed by atoms with Crippen molar-refractivity contribution in [3.05, 3.63) is 29.3 Å². The number of nitrogen functional groups attached to an aromatic ring is 1. The number of carbonyl (C=O) groups is 3. The molecule has 0 unspecified atom stereocenters. The highest BCUT2D eigenvalue weighted by Gasteiger charge is 2.22. The molecule has 0 spiro atoms. The molecule has 7 nitrogen and oxygen atoms in total. The average molecular weight is 294 g/mol. The van der Waals surface area contributed by atoms with E-state index in [1.165, 1.54) is 13.2 Å². The summed E-state index contributed by atoms with van der Waals surface area (Å²) in [5.74, 6) is -2.30. The molecule has 1 amide bonds. The van der Waals surface area contributed by atoms with E-state index in [2.05, 4.69) is 10.1 Å². The number of benzene rings is 1. The molecule has 7 heteroatoms. The van der Waals surface area contributed by atoms with E-state index in [0.29, 0.717) is 5.69 Å². The number of esters is 1. The number of amides is 1.